The number of ether oxygens (including phenoxy) is 3. The van der Waals surface area contributed by atoms with Crippen LogP contribution >= 0.6 is 23.2 Å². The monoisotopic (exact) mass is 620 g/mol. The maximum atomic E-state index is 12.3. The van der Waals surface area contributed by atoms with Crippen molar-refractivity contribution in [2.24, 2.45) is 0 Å². The Balaban J connectivity index is 1.56. The Morgan fingerprint density at radius 2 is 1.81 bits per heavy atom. The summed E-state index contributed by atoms with van der Waals surface area (Å²) in [4.78, 5) is 28.3. The van der Waals surface area contributed by atoms with Crippen molar-refractivity contribution in [3.63, 3.8) is 0 Å². The van der Waals surface area contributed by atoms with Crippen molar-refractivity contribution in [1.82, 2.24) is 24.3 Å². The third-order valence-corrected chi connectivity index (χ3v) is 7.52. The Hall–Kier alpha value is -4.38. The number of benzene rings is 2. The number of rotatable bonds is 12. The quantitative estimate of drug-likeness (QED) is 0.162. The lowest BCUT2D eigenvalue weighted by Crippen LogP contribution is -2.19. The van der Waals surface area contributed by atoms with E-state index >= 15 is 0 Å². The van der Waals surface area contributed by atoms with Gasteiger partial charge in [0.2, 0.25) is 5.95 Å². The number of hydrogen-bond donors (Lipinski definition) is 1. The van der Waals surface area contributed by atoms with Crippen molar-refractivity contribution < 1.29 is 19.0 Å². The van der Waals surface area contributed by atoms with Gasteiger partial charge in [0, 0.05) is 59.8 Å². The highest BCUT2D eigenvalue weighted by atomic mass is 35.5. The first-order chi connectivity index (χ1) is 20.7. The average Bonchev–Trinajstić information content (AvgIpc) is 3.49. The van der Waals surface area contributed by atoms with Crippen LogP contribution in [0, 0.1) is 0 Å². The molecule has 222 valence electrons. The number of pyridine rings is 1. The first kappa shape index (κ1) is 30.1. The predicted octanol–water partition coefficient (Wildman–Crippen LogP) is 6.25. The number of ketones is 1. The molecule has 0 aliphatic carbocycles. The van der Waals surface area contributed by atoms with E-state index in [0.717, 1.165) is 12.1 Å². The second kappa shape index (κ2) is 12.9. The summed E-state index contributed by atoms with van der Waals surface area (Å²) in [7, 11) is 7.01. The fourth-order valence-corrected chi connectivity index (χ4v) is 5.30. The van der Waals surface area contributed by atoms with Crippen molar-refractivity contribution in [2.45, 2.75) is 6.42 Å². The fraction of sp³-hybridized carbons (Fsp3) is 0.226. The number of imidazole rings is 1. The lowest BCUT2D eigenvalue weighted by Gasteiger charge is -2.16. The van der Waals surface area contributed by atoms with Gasteiger partial charge in [0.25, 0.3) is 0 Å². The maximum absolute atomic E-state index is 12.3. The summed E-state index contributed by atoms with van der Waals surface area (Å²) < 4.78 is 18.7. The molecule has 0 amide bonds. The van der Waals surface area contributed by atoms with Crippen molar-refractivity contribution in [3.05, 3.63) is 77.2 Å². The highest BCUT2D eigenvalue weighted by Crippen LogP contribution is 2.47. The molecule has 0 saturated carbocycles. The summed E-state index contributed by atoms with van der Waals surface area (Å²) in [6.45, 7) is 4.89. The Kier molecular flexibility index (Phi) is 9.00. The third kappa shape index (κ3) is 6.22. The van der Waals surface area contributed by atoms with Crippen LogP contribution in [0.4, 0.5) is 11.6 Å². The van der Waals surface area contributed by atoms with E-state index in [9.17, 15) is 4.79 Å². The molecule has 0 aliphatic heterocycles. The number of halogens is 2. The van der Waals surface area contributed by atoms with Crippen LogP contribution in [-0.2, 0) is 11.2 Å². The molecule has 5 aromatic rings. The molecule has 0 spiro atoms. The number of aromatic nitrogens is 4. The molecule has 0 unspecified atom stereocenters. The SMILES string of the molecule is C=CC(=O)Cc1cc(OCCN(C)C)ccc1Nc1ncc2cc(-c3c(Cl)c(OC)cc(OC)c3Cl)c3nccn3c2n1. The molecule has 0 atom stereocenters. The molecule has 1 N–H and O–H groups in total. The molecule has 3 aromatic heterocycles. The molecule has 0 fully saturated rings. The Labute approximate surface area is 258 Å². The second-order valence-corrected chi connectivity index (χ2v) is 10.6. The van der Waals surface area contributed by atoms with Crippen LogP contribution in [0.5, 0.6) is 17.2 Å². The van der Waals surface area contributed by atoms with E-state index in [1.54, 1.807) is 24.7 Å². The highest BCUT2D eigenvalue weighted by molar-refractivity contribution is 6.41. The molecule has 43 heavy (non-hydrogen) atoms. The zero-order valence-electron chi connectivity index (χ0n) is 24.1. The lowest BCUT2D eigenvalue weighted by molar-refractivity contribution is -0.114. The molecule has 0 saturated heterocycles. The van der Waals surface area contributed by atoms with Gasteiger partial charge in [-0.1, -0.05) is 29.8 Å². The predicted molar refractivity (Wildman–Crippen MR) is 170 cm³/mol. The number of nitrogens with one attached hydrogen (secondary N) is 1. The standard InChI is InChI=1S/C31H30Cl2N6O4/c1-6-20(40)13-18-14-21(43-12-11-38(2)3)7-8-23(18)36-31-35-17-19-15-22(30-34-9-10-39(30)29(19)37-31)26-27(32)24(41-4)16-25(42-5)28(26)33/h6-10,14-17H,1,11-13H2,2-5H3,(H,35,36,37). The Morgan fingerprint density at radius 3 is 2.49 bits per heavy atom. The van der Waals surface area contributed by atoms with Gasteiger partial charge in [-0.2, -0.15) is 4.98 Å². The largest absolute Gasteiger partial charge is 0.495 e. The smallest absolute Gasteiger partial charge is 0.229 e. The van der Waals surface area contributed by atoms with Gasteiger partial charge in [0.15, 0.2) is 11.4 Å². The number of allylic oxidation sites excluding steroid dienone is 1. The number of hydrogen-bond acceptors (Lipinski definition) is 9. The molecule has 10 nitrogen and oxygen atoms in total. The van der Waals surface area contributed by atoms with Crippen LogP contribution in [0.15, 0.2) is 61.6 Å². The zero-order chi connectivity index (χ0) is 30.7. The first-order valence-corrected chi connectivity index (χ1v) is 14.1. The number of likely N-dealkylation sites (N-methyl/N-ethyl adjacent to an activating group) is 1. The lowest BCUT2D eigenvalue weighted by atomic mass is 10.0. The molecule has 12 heteroatoms. The molecule has 0 bridgehead atoms. The fourth-order valence-electron chi connectivity index (χ4n) is 4.59. The maximum Gasteiger partial charge on any atom is 0.229 e. The molecule has 0 radical (unpaired) electrons. The van der Waals surface area contributed by atoms with Gasteiger partial charge in [-0.3, -0.25) is 9.20 Å². The summed E-state index contributed by atoms with van der Waals surface area (Å²) in [5, 5.41) is 4.63. The van der Waals surface area contributed by atoms with Crippen LogP contribution < -0.4 is 19.5 Å². The van der Waals surface area contributed by atoms with Gasteiger partial charge in [0.1, 0.15) is 29.5 Å². The van der Waals surface area contributed by atoms with E-state index in [-0.39, 0.29) is 12.2 Å². The number of fused-ring (bicyclic) bond motifs is 3. The minimum Gasteiger partial charge on any atom is -0.495 e. The van der Waals surface area contributed by atoms with E-state index in [0.29, 0.717) is 73.3 Å². The van der Waals surface area contributed by atoms with Crippen LogP contribution in [0.25, 0.3) is 27.8 Å². The van der Waals surface area contributed by atoms with Gasteiger partial charge in [-0.15, -0.1) is 0 Å². The number of methoxy groups -OCH3 is 2. The summed E-state index contributed by atoms with van der Waals surface area (Å²) in [5.74, 6) is 1.71. The van der Waals surface area contributed by atoms with E-state index in [1.807, 2.05) is 47.7 Å². The van der Waals surface area contributed by atoms with Crippen molar-refractivity contribution >= 4 is 57.3 Å². The van der Waals surface area contributed by atoms with Crippen LogP contribution in [0.3, 0.4) is 0 Å². The average molecular weight is 622 g/mol. The number of carbonyl (C=O) groups is 1. The minimum absolute atomic E-state index is 0.118. The summed E-state index contributed by atoms with van der Waals surface area (Å²) in [5.41, 5.74) is 3.76. The Bertz CT molecular complexity index is 1810. The highest BCUT2D eigenvalue weighted by Gasteiger charge is 2.23. The normalized spacial score (nSPS) is 11.2. The summed E-state index contributed by atoms with van der Waals surface area (Å²) in [6.07, 6.45) is 6.61. The van der Waals surface area contributed by atoms with Crippen molar-refractivity contribution in [1.29, 1.82) is 0 Å². The van der Waals surface area contributed by atoms with Crippen LogP contribution in [-0.4, -0.2) is 71.5 Å². The molecule has 5 rings (SSSR count). The topological polar surface area (TPSA) is 103 Å². The molecule has 2 aromatic carbocycles. The summed E-state index contributed by atoms with van der Waals surface area (Å²) >= 11 is 13.5. The number of nitrogens with zero attached hydrogens (tertiary/aromatic N) is 5. The first-order valence-electron chi connectivity index (χ1n) is 13.3. The van der Waals surface area contributed by atoms with E-state index in [2.05, 4.69) is 21.9 Å². The van der Waals surface area contributed by atoms with Crippen LogP contribution in [0.2, 0.25) is 10.0 Å². The Morgan fingerprint density at radius 1 is 1.07 bits per heavy atom. The van der Waals surface area contributed by atoms with Gasteiger partial charge in [0.05, 0.1) is 24.3 Å². The summed E-state index contributed by atoms with van der Waals surface area (Å²) in [6, 6.07) is 9.05. The van der Waals surface area contributed by atoms with E-state index in [4.69, 9.17) is 42.4 Å². The molecular formula is C31H30Cl2N6O4. The number of carbonyl (C=O) groups excluding carboxylic acids is 1. The molecule has 0 aliphatic rings. The van der Waals surface area contributed by atoms with E-state index in [1.165, 1.54) is 20.3 Å². The van der Waals surface area contributed by atoms with E-state index < -0.39 is 0 Å². The minimum atomic E-state index is -0.118. The van der Waals surface area contributed by atoms with Crippen molar-refractivity contribution in [3.8, 4) is 28.4 Å². The third-order valence-electron chi connectivity index (χ3n) is 6.77. The molecule has 3 heterocycles. The molecular weight excluding hydrogens is 591 g/mol. The van der Waals surface area contributed by atoms with Gasteiger partial charge in [-0.05, 0) is 50.0 Å². The van der Waals surface area contributed by atoms with Gasteiger partial charge in [-0.25, -0.2) is 9.97 Å². The number of anilines is 2. The zero-order valence-corrected chi connectivity index (χ0v) is 25.7. The van der Waals surface area contributed by atoms with Gasteiger partial charge >= 0.3 is 0 Å². The second-order valence-electron chi connectivity index (χ2n) is 9.88. The van der Waals surface area contributed by atoms with Gasteiger partial charge < -0.3 is 24.4 Å². The van der Waals surface area contributed by atoms with Crippen molar-refractivity contribution in [2.75, 3.05) is 46.8 Å². The van der Waals surface area contributed by atoms with Crippen LogP contribution in [0.1, 0.15) is 5.56 Å².